The first-order chi connectivity index (χ1) is 4.88. The van der Waals surface area contributed by atoms with Crippen LogP contribution in [-0.2, 0) is 0 Å². The molecule has 0 saturated heterocycles. The van der Waals surface area contributed by atoms with Crippen molar-refractivity contribution in [1.29, 1.82) is 0 Å². The largest absolute Gasteiger partial charge is 1.00 e. The molecule has 2 aromatic rings. The number of nitrogens with one attached hydrogen (secondary N) is 1. The Morgan fingerprint density at radius 2 is 2.00 bits per heavy atom. The predicted octanol–water partition coefficient (Wildman–Crippen LogP) is -4.73. The molecule has 0 unspecified atom stereocenters. The average Bonchev–Trinajstić information content (AvgIpc) is 2.36. The summed E-state index contributed by atoms with van der Waals surface area (Å²) >= 11 is 0. The van der Waals surface area contributed by atoms with Crippen molar-refractivity contribution in [2.75, 3.05) is 0 Å². The van der Waals surface area contributed by atoms with Gasteiger partial charge >= 0.3 is 29.6 Å². The van der Waals surface area contributed by atoms with E-state index in [1.165, 1.54) is 0 Å². The third-order valence-corrected chi connectivity index (χ3v) is 1.55. The van der Waals surface area contributed by atoms with E-state index >= 15 is 0 Å². The number of fused-ring (bicyclic) bond motifs is 1. The molecule has 5 heteroatoms. The van der Waals surface area contributed by atoms with E-state index in [0.717, 1.165) is 16.6 Å². The van der Waals surface area contributed by atoms with E-state index in [-0.39, 0.29) is 42.0 Å². The van der Waals surface area contributed by atoms with Crippen LogP contribution in [-0.4, -0.2) is 15.4 Å². The monoisotopic (exact) mass is 191 g/mol. The Labute approximate surface area is 98.6 Å². The summed E-state index contributed by atoms with van der Waals surface area (Å²) in [6.45, 7) is 2.02. The van der Waals surface area contributed by atoms with Crippen molar-refractivity contribution in [2.24, 2.45) is 0 Å². The van der Waals surface area contributed by atoms with Gasteiger partial charge in [-0.3, -0.25) is 0 Å². The average molecular weight is 192 g/mol. The van der Waals surface area contributed by atoms with Crippen LogP contribution in [0, 0.1) is 6.92 Å². The summed E-state index contributed by atoms with van der Waals surface area (Å²) in [5, 5.41) is 10.5. The number of nitrogens with zero attached hydrogens (tertiary/aromatic N) is 2. The van der Waals surface area contributed by atoms with E-state index in [9.17, 15) is 0 Å². The first-order valence-electron chi connectivity index (χ1n) is 3.14. The number of H-pyrrole nitrogens is 1. The molecule has 0 spiro atoms. The zero-order valence-corrected chi connectivity index (χ0v) is 9.76. The van der Waals surface area contributed by atoms with Crippen molar-refractivity contribution in [3.05, 3.63) is 23.8 Å². The molecule has 1 aromatic carbocycles. The van der Waals surface area contributed by atoms with Gasteiger partial charge in [0.2, 0.25) is 0 Å². The second-order valence-corrected chi connectivity index (χ2v) is 2.27. The van der Waals surface area contributed by atoms with Crippen LogP contribution < -0.4 is 42.0 Å². The second kappa shape index (κ2) is 4.82. The van der Waals surface area contributed by atoms with Gasteiger partial charge in [0.15, 0.2) is 0 Å². The van der Waals surface area contributed by atoms with Gasteiger partial charge in [-0.05, 0) is 18.6 Å². The van der Waals surface area contributed by atoms with E-state index in [4.69, 9.17) is 0 Å². The Hall–Kier alpha value is -0.0900. The zero-order valence-electron chi connectivity index (χ0n) is 7.00. The maximum absolute atomic E-state index is 3.98. The number of hydrogen-bond donors (Lipinski definition) is 1. The van der Waals surface area contributed by atoms with Gasteiger partial charge in [-0.25, -0.2) is 0 Å². The van der Waals surface area contributed by atoms with E-state index < -0.39 is 0 Å². The molecule has 0 aliphatic carbocycles. The fraction of sp³-hybridized carbons (Fsp3) is 0.143. The van der Waals surface area contributed by atoms with Crippen molar-refractivity contribution in [1.82, 2.24) is 15.4 Å². The molecule has 12 heavy (non-hydrogen) atoms. The quantitative estimate of drug-likeness (QED) is 0.425. The van der Waals surface area contributed by atoms with Crippen LogP contribution in [0.25, 0.3) is 11.0 Å². The van der Waals surface area contributed by atoms with Crippen LogP contribution in [0.4, 0.5) is 0 Å². The first kappa shape index (κ1) is 11.9. The molecule has 0 radical (unpaired) electrons. The van der Waals surface area contributed by atoms with E-state index in [1.807, 2.05) is 25.1 Å². The van der Waals surface area contributed by atoms with E-state index in [0.29, 0.717) is 0 Å². The number of aryl methyl sites for hydroxylation is 1. The minimum atomic E-state index is 0. The van der Waals surface area contributed by atoms with Crippen molar-refractivity contribution in [3.63, 3.8) is 0 Å². The van der Waals surface area contributed by atoms with Gasteiger partial charge in [-0.2, -0.15) is 15.4 Å². The van der Waals surface area contributed by atoms with Crippen molar-refractivity contribution < 1.29 is 42.0 Å². The Bertz CT molecular complexity index is 360. The Kier molecular flexibility index (Phi) is 4.78. The van der Waals surface area contributed by atoms with Gasteiger partial charge in [-0.1, -0.05) is 12.1 Å². The molecule has 0 aliphatic rings. The molecule has 0 atom stereocenters. The first-order valence-corrected chi connectivity index (χ1v) is 3.14. The Balaban J connectivity index is 0.000000605. The van der Waals surface area contributed by atoms with Crippen LogP contribution in [0.15, 0.2) is 18.2 Å². The normalized spacial score (nSPS) is 8.75. The summed E-state index contributed by atoms with van der Waals surface area (Å²) in [6, 6.07) is 5.93. The summed E-state index contributed by atoms with van der Waals surface area (Å²) in [6.07, 6.45) is 0. The van der Waals surface area contributed by atoms with Crippen LogP contribution in [0.1, 0.15) is 5.56 Å². The smallest absolute Gasteiger partial charge is 1.00 e. The molecule has 1 heterocycles. The van der Waals surface area contributed by atoms with E-state index in [2.05, 4.69) is 15.4 Å². The van der Waals surface area contributed by atoms with Crippen molar-refractivity contribution in [3.8, 4) is 0 Å². The molecule has 0 aliphatic heterocycles. The Morgan fingerprint density at radius 1 is 1.25 bits per heavy atom. The molecular weight excluding hydrogens is 185 g/mol. The molecule has 58 valence electrons. The van der Waals surface area contributed by atoms with Crippen LogP contribution in [0.2, 0.25) is 0 Å². The fourth-order valence-corrected chi connectivity index (χ4v) is 1.01. The van der Waals surface area contributed by atoms with Gasteiger partial charge < -0.3 is 12.4 Å². The number of halogens is 1. The number of benzene rings is 1. The molecule has 0 fully saturated rings. The van der Waals surface area contributed by atoms with Gasteiger partial charge in [0.1, 0.15) is 11.0 Å². The molecular formula is C7H7ClN3Na. The molecule has 1 aromatic heterocycles. The third kappa shape index (κ3) is 1.98. The maximum Gasteiger partial charge on any atom is 1.00 e. The van der Waals surface area contributed by atoms with Crippen LogP contribution >= 0.6 is 0 Å². The zero-order chi connectivity index (χ0) is 6.97. The number of para-hydroxylation sites is 1. The summed E-state index contributed by atoms with van der Waals surface area (Å²) in [5.74, 6) is 0. The summed E-state index contributed by atoms with van der Waals surface area (Å²) in [4.78, 5) is 0. The van der Waals surface area contributed by atoms with Gasteiger partial charge in [0.05, 0.1) is 0 Å². The predicted molar refractivity (Wildman–Crippen MR) is 38.6 cm³/mol. The summed E-state index contributed by atoms with van der Waals surface area (Å²) in [7, 11) is 0. The Morgan fingerprint density at radius 3 is 2.67 bits per heavy atom. The van der Waals surface area contributed by atoms with Gasteiger partial charge in [-0.15, -0.1) is 0 Å². The second-order valence-electron chi connectivity index (χ2n) is 2.27. The van der Waals surface area contributed by atoms with Crippen molar-refractivity contribution in [2.45, 2.75) is 6.92 Å². The minimum Gasteiger partial charge on any atom is -1.00 e. The molecule has 1 N–H and O–H groups in total. The molecule has 3 nitrogen and oxygen atoms in total. The van der Waals surface area contributed by atoms with Gasteiger partial charge in [0.25, 0.3) is 0 Å². The topological polar surface area (TPSA) is 41.6 Å². The molecule has 0 bridgehead atoms. The molecule has 2 rings (SSSR count). The van der Waals surface area contributed by atoms with Crippen molar-refractivity contribution >= 4 is 11.0 Å². The SMILES string of the molecule is Cc1cccc2n[nH]nc12.[Cl-].[Na+]. The fourth-order valence-electron chi connectivity index (χ4n) is 1.01. The molecule has 0 saturated carbocycles. The minimum absolute atomic E-state index is 0. The third-order valence-electron chi connectivity index (χ3n) is 1.55. The summed E-state index contributed by atoms with van der Waals surface area (Å²) in [5.41, 5.74) is 3.05. The number of aromatic amines is 1. The van der Waals surface area contributed by atoms with E-state index in [1.54, 1.807) is 0 Å². The van der Waals surface area contributed by atoms with Crippen LogP contribution in [0.5, 0.6) is 0 Å². The number of rotatable bonds is 0. The van der Waals surface area contributed by atoms with Gasteiger partial charge in [0, 0.05) is 0 Å². The number of hydrogen-bond acceptors (Lipinski definition) is 2. The van der Waals surface area contributed by atoms with Crippen LogP contribution in [0.3, 0.4) is 0 Å². The molecule has 0 amide bonds. The standard InChI is InChI=1S/C7H7N3.ClH.Na/c1-5-3-2-4-6-7(5)9-10-8-6;;/h2-4H,1H3,(H,8,9,10);1H;/q;;+1/p-1. The number of aromatic nitrogens is 3. The summed E-state index contributed by atoms with van der Waals surface area (Å²) < 4.78 is 0. The maximum atomic E-state index is 3.98.